The predicted molar refractivity (Wildman–Crippen MR) is 93.8 cm³/mol. The number of hydrogen-bond acceptors (Lipinski definition) is 5. The van der Waals surface area contributed by atoms with Gasteiger partial charge < -0.3 is 19.5 Å². The molecule has 1 fully saturated rings. The molecule has 1 aliphatic heterocycles. The molecule has 24 heavy (non-hydrogen) atoms. The predicted octanol–water partition coefficient (Wildman–Crippen LogP) is 2.77. The van der Waals surface area contributed by atoms with Gasteiger partial charge in [-0.25, -0.2) is 8.78 Å². The number of nitrogens with zero attached hydrogens (tertiary/aromatic N) is 1. The average Bonchev–Trinajstić information content (AvgIpc) is 2.55. The Kier molecular flexibility index (Phi) is 10.3. The topological polar surface area (TPSA) is 43.0 Å². The third-order valence-electron chi connectivity index (χ3n) is 3.83. The Morgan fingerprint density at radius 1 is 0.958 bits per heavy atom. The second-order valence-electron chi connectivity index (χ2n) is 5.01. The van der Waals surface area contributed by atoms with Gasteiger partial charge in [0.25, 0.3) is 6.43 Å². The summed E-state index contributed by atoms with van der Waals surface area (Å²) in [5, 5.41) is 3.17. The van der Waals surface area contributed by atoms with Crippen molar-refractivity contribution >= 4 is 24.8 Å². The van der Waals surface area contributed by atoms with Crippen LogP contribution in [-0.2, 0) is 0 Å². The van der Waals surface area contributed by atoms with E-state index in [1.807, 2.05) is 0 Å². The molecule has 1 atom stereocenters. The molecule has 1 N–H and O–H groups in total. The van der Waals surface area contributed by atoms with Gasteiger partial charge in [0.2, 0.25) is 0 Å². The Morgan fingerprint density at radius 2 is 1.46 bits per heavy atom. The van der Waals surface area contributed by atoms with E-state index in [-0.39, 0.29) is 24.8 Å². The van der Waals surface area contributed by atoms with Gasteiger partial charge >= 0.3 is 0 Å². The van der Waals surface area contributed by atoms with Crippen molar-refractivity contribution in [3.05, 3.63) is 17.7 Å². The highest BCUT2D eigenvalue weighted by Gasteiger charge is 2.35. The largest absolute Gasteiger partial charge is 0.496 e. The lowest BCUT2D eigenvalue weighted by molar-refractivity contribution is 0.0158. The molecular weight excluding hydrogens is 365 g/mol. The van der Waals surface area contributed by atoms with Gasteiger partial charge in [-0.2, -0.15) is 0 Å². The molecule has 0 saturated carbocycles. The summed E-state index contributed by atoms with van der Waals surface area (Å²) in [5.41, 5.74) is 0.364. The standard InChI is InChI=1S/C15H22F2N2O3.2ClH/c1-20-10-8-11(21-2)13(12(9-10)22-3)14(15(16)17)19-6-4-18-5-7-19;;/h8-9,14-15,18H,4-7H2,1-3H3;2*1H/t14-;;/m1../s1. The van der Waals surface area contributed by atoms with Gasteiger partial charge in [0.05, 0.1) is 26.9 Å². The zero-order valence-electron chi connectivity index (χ0n) is 13.9. The van der Waals surface area contributed by atoms with Gasteiger partial charge in [0.1, 0.15) is 23.3 Å². The molecule has 0 aliphatic carbocycles. The first-order chi connectivity index (χ1) is 10.6. The number of alkyl halides is 2. The molecule has 1 heterocycles. The third-order valence-corrected chi connectivity index (χ3v) is 3.83. The number of halogens is 4. The maximum atomic E-state index is 13.8. The van der Waals surface area contributed by atoms with Crippen molar-refractivity contribution < 1.29 is 23.0 Å². The van der Waals surface area contributed by atoms with E-state index in [0.717, 1.165) is 0 Å². The van der Waals surface area contributed by atoms with Crippen molar-refractivity contribution in [2.75, 3.05) is 47.5 Å². The molecule has 1 aliphatic rings. The molecule has 140 valence electrons. The van der Waals surface area contributed by atoms with Crippen LogP contribution in [0.5, 0.6) is 17.2 Å². The van der Waals surface area contributed by atoms with Gasteiger partial charge in [0, 0.05) is 38.3 Å². The van der Waals surface area contributed by atoms with Crippen LogP contribution in [0.2, 0.25) is 0 Å². The molecular formula is C15H24Cl2F2N2O3. The van der Waals surface area contributed by atoms with Crippen molar-refractivity contribution in [1.29, 1.82) is 0 Å². The summed E-state index contributed by atoms with van der Waals surface area (Å²) in [6, 6.07) is 2.14. The molecule has 0 amide bonds. The first-order valence-corrected chi connectivity index (χ1v) is 7.15. The summed E-state index contributed by atoms with van der Waals surface area (Å²) < 4.78 is 43.4. The van der Waals surface area contributed by atoms with E-state index in [2.05, 4.69) is 5.32 Å². The molecule has 0 aromatic heterocycles. The molecule has 0 radical (unpaired) electrons. The quantitative estimate of drug-likeness (QED) is 0.811. The fourth-order valence-electron chi connectivity index (χ4n) is 2.75. The number of nitrogens with one attached hydrogen (secondary N) is 1. The van der Waals surface area contributed by atoms with Crippen molar-refractivity contribution in [3.8, 4) is 17.2 Å². The number of rotatable bonds is 6. The molecule has 1 saturated heterocycles. The lowest BCUT2D eigenvalue weighted by Gasteiger charge is -2.35. The molecule has 5 nitrogen and oxygen atoms in total. The molecule has 0 unspecified atom stereocenters. The Labute approximate surface area is 153 Å². The van der Waals surface area contributed by atoms with E-state index >= 15 is 0 Å². The zero-order chi connectivity index (χ0) is 16.1. The second kappa shape index (κ2) is 10.8. The smallest absolute Gasteiger partial charge is 0.258 e. The number of piperazine rings is 1. The minimum absolute atomic E-state index is 0. The van der Waals surface area contributed by atoms with Crippen LogP contribution in [0, 0.1) is 0 Å². The molecule has 1 aromatic carbocycles. The van der Waals surface area contributed by atoms with Crippen molar-refractivity contribution in [2.45, 2.75) is 12.5 Å². The summed E-state index contributed by atoms with van der Waals surface area (Å²) >= 11 is 0. The fourth-order valence-corrected chi connectivity index (χ4v) is 2.75. The summed E-state index contributed by atoms with van der Waals surface area (Å²) in [6.07, 6.45) is -2.55. The van der Waals surface area contributed by atoms with E-state index < -0.39 is 12.5 Å². The van der Waals surface area contributed by atoms with Gasteiger partial charge in [-0.05, 0) is 0 Å². The summed E-state index contributed by atoms with van der Waals surface area (Å²) in [6.45, 7) is 2.47. The first kappa shape index (κ1) is 23.0. The monoisotopic (exact) mass is 388 g/mol. The highest BCUT2D eigenvalue weighted by atomic mass is 35.5. The van der Waals surface area contributed by atoms with Crippen LogP contribution in [0.15, 0.2) is 12.1 Å². The maximum absolute atomic E-state index is 13.8. The van der Waals surface area contributed by atoms with Crippen molar-refractivity contribution in [3.63, 3.8) is 0 Å². The van der Waals surface area contributed by atoms with Crippen LogP contribution in [-0.4, -0.2) is 58.8 Å². The molecule has 0 spiro atoms. The van der Waals surface area contributed by atoms with E-state index in [0.29, 0.717) is 49.0 Å². The zero-order valence-corrected chi connectivity index (χ0v) is 15.5. The van der Waals surface area contributed by atoms with Crippen molar-refractivity contribution in [1.82, 2.24) is 10.2 Å². The van der Waals surface area contributed by atoms with E-state index in [1.165, 1.54) is 21.3 Å². The number of hydrogen-bond donors (Lipinski definition) is 1. The lowest BCUT2D eigenvalue weighted by Crippen LogP contribution is -2.47. The molecule has 0 bridgehead atoms. The Hall–Kier alpha value is -1.02. The number of ether oxygens (including phenoxy) is 3. The van der Waals surface area contributed by atoms with Crippen molar-refractivity contribution in [2.24, 2.45) is 0 Å². The SMILES string of the molecule is COc1cc(OC)c([C@H](C(F)F)N2CCNCC2)c(OC)c1.Cl.Cl. The Bertz CT molecular complexity index is 479. The normalized spacial score (nSPS) is 15.9. The fraction of sp³-hybridized carbons (Fsp3) is 0.600. The molecule has 1 aromatic rings. The van der Waals surface area contributed by atoms with Crippen LogP contribution < -0.4 is 19.5 Å². The number of methoxy groups -OCH3 is 3. The minimum atomic E-state index is -2.55. The highest BCUT2D eigenvalue weighted by Crippen LogP contribution is 2.43. The number of benzene rings is 1. The van der Waals surface area contributed by atoms with Crippen LogP contribution in [0.4, 0.5) is 8.78 Å². The van der Waals surface area contributed by atoms with Gasteiger partial charge in [-0.1, -0.05) is 0 Å². The molecule has 2 rings (SSSR count). The Morgan fingerprint density at radius 3 is 1.83 bits per heavy atom. The second-order valence-corrected chi connectivity index (χ2v) is 5.01. The van der Waals surface area contributed by atoms with Crippen LogP contribution in [0.25, 0.3) is 0 Å². The first-order valence-electron chi connectivity index (χ1n) is 7.15. The Balaban J connectivity index is 0.00000264. The summed E-state index contributed by atoms with van der Waals surface area (Å²) in [7, 11) is 4.42. The van der Waals surface area contributed by atoms with E-state index in [9.17, 15) is 8.78 Å². The summed E-state index contributed by atoms with van der Waals surface area (Å²) in [4.78, 5) is 1.76. The van der Waals surface area contributed by atoms with Gasteiger partial charge in [-0.15, -0.1) is 24.8 Å². The summed E-state index contributed by atoms with van der Waals surface area (Å²) in [5.74, 6) is 1.20. The van der Waals surface area contributed by atoms with Crippen LogP contribution in [0.3, 0.4) is 0 Å². The highest BCUT2D eigenvalue weighted by molar-refractivity contribution is 5.85. The van der Waals surface area contributed by atoms with Crippen LogP contribution in [0.1, 0.15) is 11.6 Å². The van der Waals surface area contributed by atoms with Gasteiger partial charge in [-0.3, -0.25) is 4.90 Å². The van der Waals surface area contributed by atoms with E-state index in [1.54, 1.807) is 17.0 Å². The lowest BCUT2D eigenvalue weighted by atomic mass is 10.0. The minimum Gasteiger partial charge on any atom is -0.496 e. The van der Waals surface area contributed by atoms with Crippen LogP contribution >= 0.6 is 24.8 Å². The average molecular weight is 389 g/mol. The third kappa shape index (κ3) is 4.99. The van der Waals surface area contributed by atoms with E-state index in [4.69, 9.17) is 14.2 Å². The maximum Gasteiger partial charge on any atom is 0.258 e. The molecule has 9 heteroatoms. The van der Waals surface area contributed by atoms with Gasteiger partial charge in [0.15, 0.2) is 0 Å².